The summed E-state index contributed by atoms with van der Waals surface area (Å²) in [5, 5.41) is 4.30. The van der Waals surface area contributed by atoms with Crippen LogP contribution in [0.5, 0.6) is 0 Å². The van der Waals surface area contributed by atoms with Gasteiger partial charge in [0.15, 0.2) is 0 Å². The predicted octanol–water partition coefficient (Wildman–Crippen LogP) is 1.62. The van der Waals surface area contributed by atoms with Crippen molar-refractivity contribution < 1.29 is 14.3 Å². The number of hydrazone groups is 1. The smallest absolute Gasteiger partial charge is 0.398 e. The monoisotopic (exact) mass is 274 g/mol. The van der Waals surface area contributed by atoms with Crippen molar-refractivity contribution in [1.29, 1.82) is 0 Å². The van der Waals surface area contributed by atoms with Crippen molar-refractivity contribution in [3.63, 3.8) is 0 Å². The summed E-state index contributed by atoms with van der Waals surface area (Å²) >= 11 is 11.7. The fourth-order valence-electron chi connectivity index (χ4n) is 0.928. The van der Waals surface area contributed by atoms with Crippen LogP contribution < -0.4 is 5.43 Å². The highest BCUT2D eigenvalue weighted by Crippen LogP contribution is 2.21. The van der Waals surface area contributed by atoms with Crippen LogP contribution in [-0.4, -0.2) is 25.2 Å². The molecule has 0 aromatic heterocycles. The van der Waals surface area contributed by atoms with Crippen molar-refractivity contribution in [3.8, 4) is 0 Å². The molecule has 0 spiro atoms. The maximum absolute atomic E-state index is 11.0. The van der Waals surface area contributed by atoms with E-state index in [4.69, 9.17) is 23.2 Å². The summed E-state index contributed by atoms with van der Waals surface area (Å²) in [7, 11) is 1.09. The number of carbonyl (C=O) groups is 2. The first-order valence-electron chi connectivity index (χ1n) is 4.41. The lowest BCUT2D eigenvalue weighted by atomic mass is 10.2. The second-order valence-electron chi connectivity index (χ2n) is 2.83. The van der Waals surface area contributed by atoms with Crippen LogP contribution in [0.3, 0.4) is 0 Å². The molecule has 1 rings (SSSR count). The van der Waals surface area contributed by atoms with Gasteiger partial charge in [0, 0.05) is 5.56 Å². The molecule has 0 aliphatic rings. The SMILES string of the molecule is COC(=O)C(=O)N/N=C/c1c(Cl)cccc1Cl. The molecular formula is C10H8Cl2N2O3. The van der Waals surface area contributed by atoms with Crippen LogP contribution in [-0.2, 0) is 14.3 Å². The molecule has 0 heterocycles. The molecule has 1 aromatic rings. The van der Waals surface area contributed by atoms with Gasteiger partial charge in [-0.2, -0.15) is 5.10 Å². The fraction of sp³-hybridized carbons (Fsp3) is 0.100. The number of amides is 1. The molecule has 0 unspecified atom stereocenters. The summed E-state index contributed by atoms with van der Waals surface area (Å²) < 4.78 is 4.19. The molecule has 0 bridgehead atoms. The second-order valence-corrected chi connectivity index (χ2v) is 3.64. The van der Waals surface area contributed by atoms with Gasteiger partial charge in [0.1, 0.15) is 0 Å². The van der Waals surface area contributed by atoms with E-state index in [2.05, 4.69) is 9.84 Å². The summed E-state index contributed by atoms with van der Waals surface area (Å²) in [6.45, 7) is 0. The molecule has 0 fully saturated rings. The predicted molar refractivity (Wildman–Crippen MR) is 64.2 cm³/mol. The molecule has 0 saturated carbocycles. The molecule has 0 atom stereocenters. The first-order chi connectivity index (χ1) is 8.06. The number of carbonyl (C=O) groups excluding carboxylic acids is 2. The van der Waals surface area contributed by atoms with Gasteiger partial charge in [-0.25, -0.2) is 10.2 Å². The molecule has 0 radical (unpaired) electrons. The topological polar surface area (TPSA) is 67.8 Å². The summed E-state index contributed by atoms with van der Waals surface area (Å²) in [6, 6.07) is 4.92. The van der Waals surface area contributed by atoms with Crippen LogP contribution in [0, 0.1) is 0 Å². The van der Waals surface area contributed by atoms with Crippen LogP contribution in [0.15, 0.2) is 23.3 Å². The van der Waals surface area contributed by atoms with Gasteiger partial charge in [-0.15, -0.1) is 0 Å². The minimum Gasteiger partial charge on any atom is -0.462 e. The highest BCUT2D eigenvalue weighted by Gasteiger charge is 2.11. The molecule has 90 valence electrons. The van der Waals surface area contributed by atoms with E-state index in [1.54, 1.807) is 18.2 Å². The normalized spacial score (nSPS) is 10.3. The zero-order chi connectivity index (χ0) is 12.8. The average Bonchev–Trinajstić information content (AvgIpc) is 2.31. The molecule has 1 N–H and O–H groups in total. The van der Waals surface area contributed by atoms with Crippen LogP contribution in [0.4, 0.5) is 0 Å². The van der Waals surface area contributed by atoms with Crippen molar-refractivity contribution in [1.82, 2.24) is 5.43 Å². The Morgan fingerprint density at radius 1 is 1.35 bits per heavy atom. The lowest BCUT2D eigenvalue weighted by Crippen LogP contribution is -2.27. The number of nitrogens with zero attached hydrogens (tertiary/aromatic N) is 1. The van der Waals surface area contributed by atoms with Crippen LogP contribution in [0.25, 0.3) is 0 Å². The third-order valence-electron chi connectivity index (χ3n) is 1.73. The van der Waals surface area contributed by atoms with Gasteiger partial charge in [-0.05, 0) is 12.1 Å². The van der Waals surface area contributed by atoms with E-state index in [0.717, 1.165) is 7.11 Å². The van der Waals surface area contributed by atoms with Crippen LogP contribution in [0.1, 0.15) is 5.56 Å². The lowest BCUT2D eigenvalue weighted by molar-refractivity contribution is -0.152. The molecule has 1 aromatic carbocycles. The Bertz CT molecular complexity index is 454. The van der Waals surface area contributed by atoms with E-state index in [-0.39, 0.29) is 0 Å². The minimum atomic E-state index is -1.03. The van der Waals surface area contributed by atoms with Gasteiger partial charge in [-0.1, -0.05) is 29.3 Å². The maximum atomic E-state index is 11.0. The van der Waals surface area contributed by atoms with E-state index >= 15 is 0 Å². The van der Waals surface area contributed by atoms with E-state index in [0.29, 0.717) is 15.6 Å². The first-order valence-corrected chi connectivity index (χ1v) is 5.17. The van der Waals surface area contributed by atoms with E-state index in [1.165, 1.54) is 6.21 Å². The molecule has 0 aliphatic carbocycles. The summed E-state index contributed by atoms with van der Waals surface area (Å²) in [4.78, 5) is 21.7. The van der Waals surface area contributed by atoms with E-state index in [1.807, 2.05) is 5.43 Å². The van der Waals surface area contributed by atoms with Crippen molar-refractivity contribution in [3.05, 3.63) is 33.8 Å². The number of hydrogen-bond acceptors (Lipinski definition) is 4. The summed E-state index contributed by atoms with van der Waals surface area (Å²) in [6.07, 6.45) is 1.24. The number of hydrogen-bond donors (Lipinski definition) is 1. The summed E-state index contributed by atoms with van der Waals surface area (Å²) in [5.41, 5.74) is 2.42. The van der Waals surface area contributed by atoms with E-state index in [9.17, 15) is 9.59 Å². The Morgan fingerprint density at radius 3 is 2.47 bits per heavy atom. The molecule has 5 nitrogen and oxygen atoms in total. The molecule has 1 amide bonds. The number of ether oxygens (including phenoxy) is 1. The number of methoxy groups -OCH3 is 1. The van der Waals surface area contributed by atoms with Crippen molar-refractivity contribution in [2.75, 3.05) is 7.11 Å². The zero-order valence-electron chi connectivity index (χ0n) is 8.74. The number of rotatable bonds is 2. The third kappa shape index (κ3) is 3.72. The van der Waals surface area contributed by atoms with Crippen molar-refractivity contribution in [2.45, 2.75) is 0 Å². The summed E-state index contributed by atoms with van der Waals surface area (Å²) in [5.74, 6) is -2.01. The Morgan fingerprint density at radius 2 is 1.94 bits per heavy atom. The standard InChI is InChI=1S/C10H8Cl2N2O3/c1-17-10(16)9(15)14-13-5-6-7(11)3-2-4-8(6)12/h2-5H,1H3,(H,14,15)/b13-5+. The van der Waals surface area contributed by atoms with Crippen molar-refractivity contribution in [2.24, 2.45) is 5.10 Å². The van der Waals surface area contributed by atoms with E-state index < -0.39 is 11.9 Å². The molecule has 17 heavy (non-hydrogen) atoms. The highest BCUT2D eigenvalue weighted by atomic mass is 35.5. The largest absolute Gasteiger partial charge is 0.462 e. The maximum Gasteiger partial charge on any atom is 0.398 e. The molecule has 0 saturated heterocycles. The molecule has 0 aliphatic heterocycles. The number of esters is 1. The zero-order valence-corrected chi connectivity index (χ0v) is 10.2. The second kappa shape index (κ2) is 6.22. The minimum absolute atomic E-state index is 0.383. The Kier molecular flexibility index (Phi) is 4.93. The number of benzene rings is 1. The Balaban J connectivity index is 2.72. The Labute approximate surface area is 107 Å². The van der Waals surface area contributed by atoms with Crippen LogP contribution in [0.2, 0.25) is 10.0 Å². The average molecular weight is 275 g/mol. The van der Waals surface area contributed by atoms with Gasteiger partial charge in [0.25, 0.3) is 0 Å². The van der Waals surface area contributed by atoms with Gasteiger partial charge < -0.3 is 4.74 Å². The van der Waals surface area contributed by atoms with Gasteiger partial charge in [0.2, 0.25) is 0 Å². The third-order valence-corrected chi connectivity index (χ3v) is 2.39. The van der Waals surface area contributed by atoms with Gasteiger partial charge >= 0.3 is 11.9 Å². The highest BCUT2D eigenvalue weighted by molar-refractivity contribution is 6.38. The quantitative estimate of drug-likeness (QED) is 0.386. The molecule has 7 heteroatoms. The van der Waals surface area contributed by atoms with Gasteiger partial charge in [0.05, 0.1) is 23.4 Å². The van der Waals surface area contributed by atoms with Gasteiger partial charge in [-0.3, -0.25) is 4.79 Å². The first kappa shape index (κ1) is 13.5. The Hall–Kier alpha value is -1.59. The lowest BCUT2D eigenvalue weighted by Gasteiger charge is -2.00. The number of halogens is 2. The number of nitrogens with one attached hydrogen (secondary N) is 1. The van der Waals surface area contributed by atoms with Crippen molar-refractivity contribution >= 4 is 41.3 Å². The fourth-order valence-corrected chi connectivity index (χ4v) is 1.42. The van der Waals surface area contributed by atoms with Crippen LogP contribution >= 0.6 is 23.2 Å². The molecular weight excluding hydrogens is 267 g/mol.